The van der Waals surface area contributed by atoms with E-state index in [2.05, 4.69) is 61.9 Å². The molecule has 0 aliphatic carbocycles. The molecule has 1 unspecified atom stereocenters. The summed E-state index contributed by atoms with van der Waals surface area (Å²) in [5, 5.41) is 0. The molecule has 0 bridgehead atoms. The van der Waals surface area contributed by atoms with Crippen molar-refractivity contribution in [3.63, 3.8) is 0 Å². The molecule has 0 saturated carbocycles. The highest BCUT2D eigenvalue weighted by Gasteiger charge is 2.26. The van der Waals surface area contributed by atoms with Crippen molar-refractivity contribution >= 4 is 5.97 Å². The second-order valence-corrected chi connectivity index (χ2v) is 11.9. The molecule has 0 saturated heterocycles. The van der Waals surface area contributed by atoms with Crippen LogP contribution in [0.1, 0.15) is 110 Å². The van der Waals surface area contributed by atoms with Gasteiger partial charge in [-0.2, -0.15) is 0 Å². The van der Waals surface area contributed by atoms with Crippen LogP contribution >= 0.6 is 0 Å². The Labute approximate surface area is 273 Å². The van der Waals surface area contributed by atoms with E-state index in [-0.39, 0.29) is 5.56 Å². The minimum absolute atomic E-state index is 0.0744. The number of carbonyl (C=O) groups excluding carboxylic acids is 1. The largest absolute Gasteiger partial charge is 0.473 e. The topological polar surface area (TPSA) is 94.2 Å². The second-order valence-electron chi connectivity index (χ2n) is 11.9. The Morgan fingerprint density at radius 1 is 0.848 bits per heavy atom. The van der Waals surface area contributed by atoms with Crippen LogP contribution in [0.15, 0.2) is 65.6 Å². The minimum atomic E-state index is -0.872. The summed E-state index contributed by atoms with van der Waals surface area (Å²) in [7, 11) is 1.39. The lowest BCUT2D eigenvalue weighted by Gasteiger charge is -2.23. The monoisotopic (exact) mass is 623 g/mol. The fourth-order valence-electron chi connectivity index (χ4n) is 5.81. The van der Waals surface area contributed by atoms with E-state index >= 15 is 0 Å². The van der Waals surface area contributed by atoms with Gasteiger partial charge in [-0.1, -0.05) is 95.5 Å². The summed E-state index contributed by atoms with van der Waals surface area (Å²) in [6, 6.07) is 17.9. The summed E-state index contributed by atoms with van der Waals surface area (Å²) in [6.07, 6.45) is 9.98. The zero-order valence-electron chi connectivity index (χ0n) is 28.2. The highest BCUT2D eigenvalue weighted by atomic mass is 16.6. The number of nitrogens with zero attached hydrogens (tertiary/aromatic N) is 2. The van der Waals surface area contributed by atoms with Gasteiger partial charge in [-0.25, -0.2) is 9.78 Å². The number of aromatic nitrogens is 3. The molecule has 2 aromatic heterocycles. The third-order valence-electron chi connectivity index (χ3n) is 8.30. The normalized spacial score (nSPS) is 11.8. The Balaban J connectivity index is 1.68. The SMILES string of the molecule is CCCCc1nc(CCc2ccc(CC)cn2)[nH]c(=O)c1Cc1cc(CCC)c(OC(C(=O)OC)c2ccccc2)c(CCC)c1. The van der Waals surface area contributed by atoms with Crippen LogP contribution in [0.25, 0.3) is 0 Å². The van der Waals surface area contributed by atoms with Gasteiger partial charge in [0.25, 0.3) is 5.56 Å². The number of methoxy groups -OCH3 is 1. The summed E-state index contributed by atoms with van der Waals surface area (Å²) < 4.78 is 11.7. The number of carbonyl (C=O) groups is 1. The van der Waals surface area contributed by atoms with E-state index in [9.17, 15) is 9.59 Å². The maximum absolute atomic E-state index is 13.6. The lowest BCUT2D eigenvalue weighted by molar-refractivity contribution is -0.149. The molecule has 0 spiro atoms. The van der Waals surface area contributed by atoms with Gasteiger partial charge in [-0.3, -0.25) is 9.78 Å². The first kappa shape index (κ1) is 34.6. The summed E-state index contributed by atoms with van der Waals surface area (Å²) in [6.45, 7) is 8.54. The zero-order chi connectivity index (χ0) is 32.9. The number of H-pyrrole nitrogens is 1. The van der Waals surface area contributed by atoms with Crippen molar-refractivity contribution in [3.8, 4) is 5.75 Å². The molecule has 0 fully saturated rings. The van der Waals surface area contributed by atoms with Crippen molar-refractivity contribution in [1.29, 1.82) is 0 Å². The van der Waals surface area contributed by atoms with Gasteiger partial charge in [0.05, 0.1) is 12.8 Å². The van der Waals surface area contributed by atoms with Crippen LogP contribution in [0.2, 0.25) is 0 Å². The summed E-state index contributed by atoms with van der Waals surface area (Å²) in [5.74, 6) is 1.01. The van der Waals surface area contributed by atoms with E-state index in [0.717, 1.165) is 103 Å². The van der Waals surface area contributed by atoms with E-state index in [1.165, 1.54) is 12.7 Å². The number of benzene rings is 2. The van der Waals surface area contributed by atoms with Crippen molar-refractivity contribution in [2.75, 3.05) is 7.11 Å². The molecular weight excluding hydrogens is 574 g/mol. The van der Waals surface area contributed by atoms with E-state index in [1.54, 1.807) is 0 Å². The number of aromatic amines is 1. The first-order valence-electron chi connectivity index (χ1n) is 16.9. The number of pyridine rings is 1. The number of hydrogen-bond acceptors (Lipinski definition) is 6. The Morgan fingerprint density at radius 2 is 1.57 bits per heavy atom. The summed E-state index contributed by atoms with van der Waals surface area (Å²) >= 11 is 0. The molecule has 7 heteroatoms. The predicted octanol–water partition coefficient (Wildman–Crippen LogP) is 7.64. The van der Waals surface area contributed by atoms with Crippen LogP contribution in [0.5, 0.6) is 5.75 Å². The molecule has 0 amide bonds. The summed E-state index contributed by atoms with van der Waals surface area (Å²) in [5.41, 5.74) is 7.59. The number of rotatable bonds is 17. The Morgan fingerprint density at radius 3 is 2.15 bits per heavy atom. The second kappa shape index (κ2) is 17.4. The maximum atomic E-state index is 13.6. The fourth-order valence-corrected chi connectivity index (χ4v) is 5.81. The van der Waals surface area contributed by atoms with Gasteiger partial charge in [0.2, 0.25) is 6.10 Å². The van der Waals surface area contributed by atoms with E-state index in [1.807, 2.05) is 36.5 Å². The number of esters is 1. The smallest absolute Gasteiger partial charge is 0.351 e. The molecule has 4 aromatic rings. The van der Waals surface area contributed by atoms with Crippen molar-refractivity contribution in [2.45, 2.75) is 104 Å². The average Bonchev–Trinajstić information content (AvgIpc) is 3.08. The van der Waals surface area contributed by atoms with Crippen LogP contribution in [0.3, 0.4) is 0 Å². The van der Waals surface area contributed by atoms with E-state index in [4.69, 9.17) is 14.5 Å². The molecule has 0 radical (unpaired) electrons. The molecule has 46 heavy (non-hydrogen) atoms. The minimum Gasteiger partial charge on any atom is -0.473 e. The van der Waals surface area contributed by atoms with Crippen molar-refractivity contribution in [1.82, 2.24) is 15.0 Å². The fraction of sp³-hybridized carbons (Fsp3) is 0.436. The molecule has 2 heterocycles. The Hall–Kier alpha value is -4.26. The highest BCUT2D eigenvalue weighted by molar-refractivity contribution is 5.77. The third kappa shape index (κ3) is 9.15. The van der Waals surface area contributed by atoms with Crippen molar-refractivity contribution < 1.29 is 14.3 Å². The molecule has 7 nitrogen and oxygen atoms in total. The van der Waals surface area contributed by atoms with E-state index < -0.39 is 12.1 Å². The van der Waals surface area contributed by atoms with Crippen LogP contribution in [0.4, 0.5) is 0 Å². The summed E-state index contributed by atoms with van der Waals surface area (Å²) in [4.78, 5) is 39.2. The Bertz CT molecular complexity index is 1590. The molecule has 0 aliphatic rings. The van der Waals surface area contributed by atoms with Gasteiger partial charge in [-0.05, 0) is 66.8 Å². The predicted molar refractivity (Wildman–Crippen MR) is 184 cm³/mol. The van der Waals surface area contributed by atoms with Crippen LogP contribution in [0, 0.1) is 0 Å². The number of aryl methyl sites for hydroxylation is 6. The Kier molecular flexibility index (Phi) is 13.1. The third-order valence-corrected chi connectivity index (χ3v) is 8.30. The highest BCUT2D eigenvalue weighted by Crippen LogP contribution is 2.34. The standard InChI is InChI=1S/C39H49N3O4/c1-6-10-18-34-33(38(43)42-35(41-34)22-21-32-20-19-27(9-4)26-40-32)25-28-23-30(14-7-2)36(31(24-28)15-8-3)46-37(39(44)45-5)29-16-12-11-13-17-29/h11-13,16-17,19-20,23-24,26,37H,6-10,14-15,18,21-22,25H2,1-5H3,(H,41,42,43). The van der Waals surface area contributed by atoms with Gasteiger partial charge in [0.15, 0.2) is 0 Å². The number of ether oxygens (including phenoxy) is 2. The lowest BCUT2D eigenvalue weighted by atomic mass is 9.94. The van der Waals surface area contributed by atoms with Gasteiger partial charge >= 0.3 is 5.97 Å². The first-order valence-corrected chi connectivity index (χ1v) is 16.9. The quantitative estimate of drug-likeness (QED) is 0.122. The average molecular weight is 624 g/mol. The molecule has 244 valence electrons. The molecule has 1 N–H and O–H groups in total. The maximum Gasteiger partial charge on any atom is 0.351 e. The van der Waals surface area contributed by atoms with Crippen LogP contribution in [-0.2, 0) is 54.5 Å². The molecule has 2 aromatic carbocycles. The number of unbranched alkanes of at least 4 members (excludes halogenated alkanes) is 1. The van der Waals surface area contributed by atoms with Gasteiger partial charge < -0.3 is 14.5 Å². The molecular formula is C39H49N3O4. The first-order chi connectivity index (χ1) is 22.4. The van der Waals surface area contributed by atoms with Crippen LogP contribution in [-0.4, -0.2) is 28.0 Å². The number of hydrogen-bond donors (Lipinski definition) is 1. The molecule has 0 aliphatic heterocycles. The van der Waals surface area contributed by atoms with Gasteiger partial charge in [-0.15, -0.1) is 0 Å². The zero-order valence-corrected chi connectivity index (χ0v) is 28.2. The van der Waals surface area contributed by atoms with Crippen molar-refractivity contribution in [2.24, 2.45) is 0 Å². The molecule has 1 atom stereocenters. The van der Waals surface area contributed by atoms with Gasteiger partial charge in [0, 0.05) is 35.9 Å². The van der Waals surface area contributed by atoms with Crippen molar-refractivity contribution in [3.05, 3.63) is 122 Å². The van der Waals surface area contributed by atoms with E-state index in [0.29, 0.717) is 18.7 Å². The lowest BCUT2D eigenvalue weighted by Crippen LogP contribution is -2.22. The van der Waals surface area contributed by atoms with Crippen LogP contribution < -0.4 is 10.3 Å². The molecule has 4 rings (SSSR count). The van der Waals surface area contributed by atoms with Gasteiger partial charge in [0.1, 0.15) is 11.6 Å². The number of nitrogens with one attached hydrogen (secondary N) is 1.